The Kier molecular flexibility index (Phi) is 3.78. The summed E-state index contributed by atoms with van der Waals surface area (Å²) in [5.74, 6) is 0.320. The van der Waals surface area contributed by atoms with E-state index >= 15 is 0 Å². The van der Waals surface area contributed by atoms with Gasteiger partial charge in [-0.05, 0) is 35.9 Å². The summed E-state index contributed by atoms with van der Waals surface area (Å²) in [7, 11) is 0. The van der Waals surface area contributed by atoms with Gasteiger partial charge in [0.1, 0.15) is 5.76 Å². The number of furan rings is 1. The molecule has 0 spiro atoms. The van der Waals surface area contributed by atoms with E-state index in [1.165, 1.54) is 10.9 Å². The van der Waals surface area contributed by atoms with Gasteiger partial charge in [0.25, 0.3) is 0 Å². The van der Waals surface area contributed by atoms with Crippen molar-refractivity contribution in [2.45, 2.75) is 6.92 Å². The highest BCUT2D eigenvalue weighted by Gasteiger charge is 2.12. The Morgan fingerprint density at radius 2 is 1.56 bits per heavy atom. The zero-order valence-electron chi connectivity index (χ0n) is 13.7. The van der Waals surface area contributed by atoms with Gasteiger partial charge < -0.3 is 9.52 Å². The molecule has 4 heteroatoms. The van der Waals surface area contributed by atoms with Gasteiger partial charge in [-0.15, -0.1) is 5.11 Å². The fourth-order valence-corrected chi connectivity index (χ4v) is 2.71. The molecule has 0 bridgehead atoms. The van der Waals surface area contributed by atoms with Crippen LogP contribution in [-0.2, 0) is 0 Å². The Balaban J connectivity index is 1.68. The predicted molar refractivity (Wildman–Crippen MR) is 98.7 cm³/mol. The van der Waals surface area contributed by atoms with Gasteiger partial charge in [-0.25, -0.2) is 0 Å². The molecule has 1 heterocycles. The van der Waals surface area contributed by atoms with Crippen LogP contribution >= 0.6 is 0 Å². The fourth-order valence-electron chi connectivity index (χ4n) is 2.71. The predicted octanol–water partition coefficient (Wildman–Crippen LogP) is 6.53. The third kappa shape index (κ3) is 3.15. The van der Waals surface area contributed by atoms with E-state index in [4.69, 9.17) is 4.42 Å². The number of hydrogen-bond acceptors (Lipinski definition) is 4. The minimum atomic E-state index is -0.237. The van der Waals surface area contributed by atoms with Crippen LogP contribution in [0.4, 0.5) is 11.4 Å². The maximum absolute atomic E-state index is 10.00. The molecular formula is C21H16N2O2. The molecule has 0 atom stereocenters. The van der Waals surface area contributed by atoms with Crippen LogP contribution in [0, 0.1) is 6.92 Å². The van der Waals surface area contributed by atoms with Crippen LogP contribution in [-0.4, -0.2) is 5.11 Å². The Labute approximate surface area is 145 Å². The molecule has 0 aliphatic carbocycles. The molecule has 1 N–H and O–H groups in total. The van der Waals surface area contributed by atoms with Crippen molar-refractivity contribution in [1.82, 2.24) is 0 Å². The second kappa shape index (κ2) is 6.24. The van der Waals surface area contributed by atoms with Gasteiger partial charge in [0, 0.05) is 11.6 Å². The second-order valence-electron chi connectivity index (χ2n) is 5.90. The molecule has 1 aromatic heterocycles. The Morgan fingerprint density at radius 3 is 2.40 bits per heavy atom. The lowest BCUT2D eigenvalue weighted by atomic mass is 10.0. The smallest absolute Gasteiger partial charge is 0.311 e. The first kappa shape index (κ1) is 15.1. The van der Waals surface area contributed by atoms with E-state index in [0.29, 0.717) is 17.1 Å². The monoisotopic (exact) mass is 328 g/mol. The number of aryl methyl sites for hydroxylation is 1. The minimum absolute atomic E-state index is 0.237. The molecular weight excluding hydrogens is 312 g/mol. The number of azo groups is 1. The summed E-state index contributed by atoms with van der Waals surface area (Å²) >= 11 is 0. The van der Waals surface area contributed by atoms with Crippen LogP contribution in [0.15, 0.2) is 87.4 Å². The number of fused-ring (bicyclic) bond motifs is 1. The fraction of sp³-hybridized carbons (Fsp3) is 0.0476. The van der Waals surface area contributed by atoms with Crippen LogP contribution in [0.5, 0.6) is 5.95 Å². The summed E-state index contributed by atoms with van der Waals surface area (Å²) in [4.78, 5) is 0. The Hall–Kier alpha value is -3.40. The van der Waals surface area contributed by atoms with E-state index in [-0.39, 0.29) is 5.95 Å². The van der Waals surface area contributed by atoms with Crippen molar-refractivity contribution in [3.8, 4) is 17.3 Å². The average Bonchev–Trinajstić information content (AvgIpc) is 3.01. The van der Waals surface area contributed by atoms with Crippen molar-refractivity contribution >= 4 is 22.1 Å². The number of nitrogens with zero attached hydrogens (tertiary/aromatic N) is 2. The first-order valence-electron chi connectivity index (χ1n) is 7.99. The summed E-state index contributed by atoms with van der Waals surface area (Å²) in [5, 5.41) is 20.5. The highest BCUT2D eigenvalue weighted by atomic mass is 16.5. The van der Waals surface area contributed by atoms with Gasteiger partial charge in [0.05, 0.1) is 5.69 Å². The van der Waals surface area contributed by atoms with Crippen LogP contribution in [0.1, 0.15) is 5.56 Å². The van der Waals surface area contributed by atoms with Gasteiger partial charge in [-0.2, -0.15) is 5.11 Å². The van der Waals surface area contributed by atoms with Crippen molar-refractivity contribution in [3.05, 3.63) is 78.4 Å². The standard InChI is InChI=1S/C21H16N2O2/c1-14-7-8-16-12-17(10-9-15(16)11-14)20-13-19(21(24)25-20)23-22-18-5-3-2-4-6-18/h2-13,24H,1H3. The lowest BCUT2D eigenvalue weighted by molar-refractivity contribution is 0.339. The molecule has 0 aliphatic heterocycles. The molecule has 0 amide bonds. The normalized spacial score (nSPS) is 11.4. The van der Waals surface area contributed by atoms with E-state index in [1.54, 1.807) is 6.07 Å². The summed E-state index contributed by atoms with van der Waals surface area (Å²) in [6.07, 6.45) is 0. The van der Waals surface area contributed by atoms with E-state index in [9.17, 15) is 5.11 Å². The highest BCUT2D eigenvalue weighted by molar-refractivity contribution is 5.87. The minimum Gasteiger partial charge on any atom is -0.479 e. The summed E-state index contributed by atoms with van der Waals surface area (Å²) in [6.45, 7) is 2.07. The van der Waals surface area contributed by atoms with Gasteiger partial charge in [0.2, 0.25) is 0 Å². The zero-order valence-corrected chi connectivity index (χ0v) is 13.7. The lowest BCUT2D eigenvalue weighted by Crippen LogP contribution is -1.78. The van der Waals surface area contributed by atoms with Crippen molar-refractivity contribution in [2.24, 2.45) is 10.2 Å². The molecule has 0 saturated heterocycles. The Morgan fingerprint density at radius 1 is 0.800 bits per heavy atom. The molecule has 0 saturated carbocycles. The van der Waals surface area contributed by atoms with Crippen LogP contribution < -0.4 is 0 Å². The number of aromatic hydroxyl groups is 1. The van der Waals surface area contributed by atoms with Crippen molar-refractivity contribution < 1.29 is 9.52 Å². The van der Waals surface area contributed by atoms with Crippen molar-refractivity contribution in [1.29, 1.82) is 0 Å². The van der Waals surface area contributed by atoms with E-state index < -0.39 is 0 Å². The Bertz CT molecular complexity index is 1070. The van der Waals surface area contributed by atoms with Gasteiger partial charge in [-0.3, -0.25) is 0 Å². The average molecular weight is 328 g/mol. The maximum Gasteiger partial charge on any atom is 0.311 e. The van der Waals surface area contributed by atoms with E-state index in [0.717, 1.165) is 10.9 Å². The molecule has 0 unspecified atom stereocenters. The number of benzene rings is 3. The molecule has 4 rings (SSSR count). The molecule has 4 aromatic rings. The zero-order chi connectivity index (χ0) is 17.2. The van der Waals surface area contributed by atoms with Crippen molar-refractivity contribution in [3.63, 3.8) is 0 Å². The molecule has 0 radical (unpaired) electrons. The molecule has 25 heavy (non-hydrogen) atoms. The highest BCUT2D eigenvalue weighted by Crippen LogP contribution is 2.37. The third-order valence-corrected chi connectivity index (χ3v) is 4.00. The van der Waals surface area contributed by atoms with Gasteiger partial charge in [-0.1, -0.05) is 54.1 Å². The molecule has 0 fully saturated rings. The number of hydrogen-bond donors (Lipinski definition) is 1. The first-order chi connectivity index (χ1) is 12.2. The van der Waals surface area contributed by atoms with Crippen LogP contribution in [0.25, 0.3) is 22.1 Å². The van der Waals surface area contributed by atoms with Crippen LogP contribution in [0.2, 0.25) is 0 Å². The maximum atomic E-state index is 10.00. The largest absolute Gasteiger partial charge is 0.479 e. The van der Waals surface area contributed by atoms with Gasteiger partial charge in [0.15, 0.2) is 5.69 Å². The van der Waals surface area contributed by atoms with Gasteiger partial charge >= 0.3 is 5.95 Å². The molecule has 122 valence electrons. The SMILES string of the molecule is Cc1ccc2cc(-c3cc(N=Nc4ccccc4)c(O)o3)ccc2c1. The lowest BCUT2D eigenvalue weighted by Gasteiger charge is -2.02. The van der Waals surface area contributed by atoms with E-state index in [2.05, 4.69) is 35.4 Å². The molecule has 0 aliphatic rings. The van der Waals surface area contributed by atoms with Crippen molar-refractivity contribution in [2.75, 3.05) is 0 Å². The third-order valence-electron chi connectivity index (χ3n) is 4.00. The summed E-state index contributed by atoms with van der Waals surface area (Å²) < 4.78 is 5.46. The van der Waals surface area contributed by atoms with E-state index in [1.807, 2.05) is 48.5 Å². The summed E-state index contributed by atoms with van der Waals surface area (Å²) in [5.41, 5.74) is 3.13. The second-order valence-corrected chi connectivity index (χ2v) is 5.90. The van der Waals surface area contributed by atoms with Crippen LogP contribution in [0.3, 0.4) is 0 Å². The summed E-state index contributed by atoms with van der Waals surface area (Å²) in [6, 6.07) is 23.4. The first-order valence-corrected chi connectivity index (χ1v) is 7.99. The topological polar surface area (TPSA) is 58.1 Å². The quantitative estimate of drug-likeness (QED) is 0.435. The number of rotatable bonds is 3. The molecule has 4 nitrogen and oxygen atoms in total. The molecule has 3 aromatic carbocycles.